The van der Waals surface area contributed by atoms with Crippen molar-refractivity contribution in [3.8, 4) is 0 Å². The van der Waals surface area contributed by atoms with Crippen molar-refractivity contribution in [1.82, 2.24) is 5.32 Å². The second-order valence-electron chi connectivity index (χ2n) is 2.79. The average Bonchev–Trinajstić information content (AvgIpc) is 1.78. The minimum absolute atomic E-state index is 0.241. The van der Waals surface area contributed by atoms with E-state index in [0.29, 0.717) is 13.1 Å². The number of carboxylic acid groups (broad SMARTS) is 1. The Kier molecular flexibility index (Phi) is 2.69. The van der Waals surface area contributed by atoms with Crippen molar-refractivity contribution >= 4 is 15.8 Å². The molecule has 1 saturated heterocycles. The highest BCUT2D eigenvalue weighted by atomic mass is 32.2. The fraction of sp³-hybridized carbons (Fsp3) is 0.833. The highest BCUT2D eigenvalue weighted by Gasteiger charge is 2.30. The van der Waals surface area contributed by atoms with Gasteiger partial charge in [-0.25, -0.2) is 8.42 Å². The summed E-state index contributed by atoms with van der Waals surface area (Å²) in [5.74, 6) is -1.31. The predicted octanol–water partition coefficient (Wildman–Crippen LogP) is -1.15. The number of nitrogens with one attached hydrogen (secondary N) is 1. The van der Waals surface area contributed by atoms with Crippen molar-refractivity contribution in [2.75, 3.05) is 18.8 Å². The van der Waals surface area contributed by atoms with Crippen molar-refractivity contribution in [3.05, 3.63) is 0 Å². The zero-order valence-corrected chi connectivity index (χ0v) is 7.30. The minimum atomic E-state index is -3.16. The molecule has 0 unspecified atom stereocenters. The molecule has 0 atom stereocenters. The van der Waals surface area contributed by atoms with E-state index in [1.807, 2.05) is 0 Å². The van der Waals surface area contributed by atoms with Crippen LogP contribution in [0.1, 0.15) is 6.42 Å². The van der Waals surface area contributed by atoms with Crippen LogP contribution in [-0.2, 0) is 14.6 Å². The van der Waals surface area contributed by atoms with Crippen LogP contribution < -0.4 is 5.32 Å². The van der Waals surface area contributed by atoms with Crippen LogP contribution in [-0.4, -0.2) is 43.6 Å². The van der Waals surface area contributed by atoms with Gasteiger partial charge in [0.05, 0.1) is 17.4 Å². The molecular weight excluding hydrogens is 182 g/mol. The molecular formula is C6H11NO4S. The van der Waals surface area contributed by atoms with Gasteiger partial charge in [0, 0.05) is 13.1 Å². The Morgan fingerprint density at radius 2 is 2.08 bits per heavy atom. The third-order valence-corrected chi connectivity index (χ3v) is 3.97. The van der Waals surface area contributed by atoms with E-state index in [9.17, 15) is 13.2 Å². The maximum absolute atomic E-state index is 11.2. The number of carboxylic acids is 1. The number of hydrogen-bond donors (Lipinski definition) is 2. The summed E-state index contributed by atoms with van der Waals surface area (Å²) in [5, 5.41) is 10.7. The molecule has 0 aromatic carbocycles. The Labute approximate surface area is 70.7 Å². The van der Waals surface area contributed by atoms with Gasteiger partial charge in [-0.1, -0.05) is 0 Å². The quantitative estimate of drug-likeness (QED) is 0.589. The van der Waals surface area contributed by atoms with Crippen LogP contribution in [0.2, 0.25) is 0 Å². The zero-order chi connectivity index (χ0) is 9.19. The molecule has 1 aliphatic rings. The predicted molar refractivity (Wildman–Crippen MR) is 42.7 cm³/mol. The second-order valence-corrected chi connectivity index (χ2v) is 5.19. The summed E-state index contributed by atoms with van der Waals surface area (Å²) in [6.07, 6.45) is -0.293. The van der Waals surface area contributed by atoms with Crippen LogP contribution in [0, 0.1) is 0 Å². The van der Waals surface area contributed by atoms with Crippen molar-refractivity contribution in [3.63, 3.8) is 0 Å². The Hall–Kier alpha value is -0.620. The van der Waals surface area contributed by atoms with Gasteiger partial charge in [0.25, 0.3) is 0 Å². The molecule has 12 heavy (non-hydrogen) atoms. The lowest BCUT2D eigenvalue weighted by molar-refractivity contribution is -0.136. The molecule has 1 heterocycles. The van der Waals surface area contributed by atoms with Crippen LogP contribution in [0.15, 0.2) is 0 Å². The second kappa shape index (κ2) is 3.40. The van der Waals surface area contributed by atoms with Crippen molar-refractivity contribution in [2.45, 2.75) is 11.7 Å². The van der Waals surface area contributed by atoms with E-state index < -0.39 is 15.8 Å². The molecule has 5 nitrogen and oxygen atoms in total. The summed E-state index contributed by atoms with van der Waals surface area (Å²) in [6, 6.07) is 0. The summed E-state index contributed by atoms with van der Waals surface area (Å²) in [7, 11) is -3.16. The van der Waals surface area contributed by atoms with E-state index in [0.717, 1.165) is 0 Å². The van der Waals surface area contributed by atoms with E-state index in [1.165, 1.54) is 0 Å². The number of rotatable bonds is 4. The van der Waals surface area contributed by atoms with Crippen LogP contribution in [0.5, 0.6) is 0 Å². The lowest BCUT2D eigenvalue weighted by atomic mass is 10.3. The van der Waals surface area contributed by atoms with Gasteiger partial charge in [-0.15, -0.1) is 0 Å². The number of hydrogen-bond acceptors (Lipinski definition) is 4. The molecule has 0 radical (unpaired) electrons. The van der Waals surface area contributed by atoms with Crippen molar-refractivity contribution in [2.24, 2.45) is 0 Å². The summed E-state index contributed by atoms with van der Waals surface area (Å²) in [4.78, 5) is 10.1. The normalized spacial score (nSPS) is 18.7. The average molecular weight is 193 g/mol. The van der Waals surface area contributed by atoms with Gasteiger partial charge in [0.1, 0.15) is 0 Å². The van der Waals surface area contributed by atoms with Gasteiger partial charge in [-0.2, -0.15) is 0 Å². The summed E-state index contributed by atoms with van der Waals surface area (Å²) in [6.45, 7) is 0.921. The van der Waals surface area contributed by atoms with E-state index >= 15 is 0 Å². The lowest BCUT2D eigenvalue weighted by Crippen LogP contribution is -2.52. The van der Waals surface area contributed by atoms with E-state index in [1.54, 1.807) is 0 Å². The molecule has 0 spiro atoms. The third-order valence-electron chi connectivity index (χ3n) is 1.85. The van der Waals surface area contributed by atoms with Crippen molar-refractivity contribution < 1.29 is 18.3 Å². The molecule has 0 aromatic rings. The Morgan fingerprint density at radius 1 is 1.50 bits per heavy atom. The van der Waals surface area contributed by atoms with Gasteiger partial charge in [-0.05, 0) is 0 Å². The minimum Gasteiger partial charge on any atom is -0.481 e. The van der Waals surface area contributed by atoms with Crippen molar-refractivity contribution in [1.29, 1.82) is 0 Å². The first-order chi connectivity index (χ1) is 5.52. The number of aliphatic carboxylic acids is 1. The molecule has 70 valence electrons. The molecule has 0 saturated carbocycles. The maximum atomic E-state index is 11.2. The standard InChI is InChI=1S/C6H11NO4S/c8-6(9)1-2-12(10,11)5-3-7-4-5/h5,7H,1-4H2,(H,8,9). The molecule has 1 aliphatic heterocycles. The van der Waals surface area contributed by atoms with E-state index in [4.69, 9.17) is 5.11 Å². The van der Waals surface area contributed by atoms with Gasteiger partial charge in [0.2, 0.25) is 0 Å². The Balaban J connectivity index is 2.43. The Morgan fingerprint density at radius 3 is 2.42 bits per heavy atom. The van der Waals surface area contributed by atoms with Crippen LogP contribution in [0.4, 0.5) is 0 Å². The molecule has 6 heteroatoms. The molecule has 1 rings (SSSR count). The van der Waals surface area contributed by atoms with Gasteiger partial charge >= 0.3 is 5.97 Å². The first-order valence-corrected chi connectivity index (χ1v) is 5.38. The smallest absolute Gasteiger partial charge is 0.304 e. The first-order valence-electron chi connectivity index (χ1n) is 3.66. The van der Waals surface area contributed by atoms with Gasteiger partial charge < -0.3 is 10.4 Å². The number of carbonyl (C=O) groups is 1. The first kappa shape index (κ1) is 9.47. The van der Waals surface area contributed by atoms with Crippen LogP contribution >= 0.6 is 0 Å². The molecule has 0 bridgehead atoms. The molecule has 0 amide bonds. The van der Waals surface area contributed by atoms with Crippen LogP contribution in [0.25, 0.3) is 0 Å². The SMILES string of the molecule is O=C(O)CCS(=O)(=O)C1CNC1. The molecule has 1 fully saturated rings. The lowest BCUT2D eigenvalue weighted by Gasteiger charge is -2.26. The highest BCUT2D eigenvalue weighted by molar-refractivity contribution is 7.92. The van der Waals surface area contributed by atoms with Crippen LogP contribution in [0.3, 0.4) is 0 Å². The van der Waals surface area contributed by atoms with Gasteiger partial charge in [0.15, 0.2) is 9.84 Å². The summed E-state index contributed by atoms with van der Waals surface area (Å²) >= 11 is 0. The summed E-state index contributed by atoms with van der Waals surface area (Å²) in [5.41, 5.74) is 0. The van der Waals surface area contributed by atoms with E-state index in [-0.39, 0.29) is 17.4 Å². The van der Waals surface area contributed by atoms with E-state index in [2.05, 4.69) is 5.32 Å². The fourth-order valence-corrected chi connectivity index (χ4v) is 2.45. The monoisotopic (exact) mass is 193 g/mol. The molecule has 0 aliphatic carbocycles. The maximum Gasteiger partial charge on any atom is 0.304 e. The molecule has 2 N–H and O–H groups in total. The largest absolute Gasteiger partial charge is 0.481 e. The topological polar surface area (TPSA) is 83.5 Å². The fourth-order valence-electron chi connectivity index (χ4n) is 0.912. The number of sulfone groups is 1. The summed E-state index contributed by atoms with van der Waals surface area (Å²) < 4.78 is 22.4. The Bertz CT molecular complexity index is 267. The highest BCUT2D eigenvalue weighted by Crippen LogP contribution is 2.08. The molecule has 0 aromatic heterocycles. The third kappa shape index (κ3) is 2.18. The van der Waals surface area contributed by atoms with Gasteiger partial charge in [-0.3, -0.25) is 4.79 Å². The zero-order valence-electron chi connectivity index (χ0n) is 6.49.